The minimum absolute atomic E-state index is 0.939. The molecule has 18 heavy (non-hydrogen) atoms. The van der Waals surface area contributed by atoms with E-state index in [1.807, 2.05) is 6.07 Å². The molecule has 0 N–H and O–H groups in total. The highest BCUT2D eigenvalue weighted by Crippen LogP contribution is 2.22. The van der Waals surface area contributed by atoms with E-state index in [0.29, 0.717) is 0 Å². The molecule has 0 unspecified atom stereocenters. The van der Waals surface area contributed by atoms with Crippen molar-refractivity contribution < 1.29 is 4.74 Å². The van der Waals surface area contributed by atoms with Crippen LogP contribution in [0.3, 0.4) is 0 Å². The van der Waals surface area contributed by atoms with E-state index in [2.05, 4.69) is 43.9 Å². The van der Waals surface area contributed by atoms with Gasteiger partial charge in [-0.05, 0) is 25.1 Å². The van der Waals surface area contributed by atoms with Gasteiger partial charge in [-0.3, -0.25) is 4.90 Å². The van der Waals surface area contributed by atoms with E-state index in [4.69, 9.17) is 4.74 Å². The first-order valence-corrected chi connectivity index (χ1v) is 7.63. The standard InChI is InChI=1S/C14H21BrN2O/c1-18-14-5-2-4-13(12-14)17-10-8-16(9-11-17)7-3-6-15/h2,4-5,12H,3,6-11H2,1H3. The molecule has 0 radical (unpaired) electrons. The van der Waals surface area contributed by atoms with Gasteiger partial charge < -0.3 is 9.64 Å². The maximum Gasteiger partial charge on any atom is 0.120 e. The van der Waals surface area contributed by atoms with E-state index >= 15 is 0 Å². The second kappa shape index (κ2) is 7.00. The highest BCUT2D eigenvalue weighted by molar-refractivity contribution is 9.09. The molecule has 4 heteroatoms. The van der Waals surface area contributed by atoms with Gasteiger partial charge in [-0.1, -0.05) is 22.0 Å². The normalized spacial score (nSPS) is 16.9. The van der Waals surface area contributed by atoms with E-state index in [0.717, 1.165) is 37.3 Å². The summed E-state index contributed by atoms with van der Waals surface area (Å²) in [5.74, 6) is 0.939. The summed E-state index contributed by atoms with van der Waals surface area (Å²) in [6.07, 6.45) is 1.24. The second-order valence-electron chi connectivity index (χ2n) is 4.57. The van der Waals surface area contributed by atoms with Gasteiger partial charge in [0.15, 0.2) is 0 Å². The summed E-state index contributed by atoms with van der Waals surface area (Å²) in [7, 11) is 1.72. The van der Waals surface area contributed by atoms with Gasteiger partial charge in [-0.15, -0.1) is 0 Å². The number of ether oxygens (including phenoxy) is 1. The number of methoxy groups -OCH3 is 1. The molecule has 1 saturated heterocycles. The summed E-state index contributed by atoms with van der Waals surface area (Å²) in [6, 6.07) is 8.34. The zero-order chi connectivity index (χ0) is 12.8. The van der Waals surface area contributed by atoms with E-state index in [9.17, 15) is 0 Å². The number of hydrogen-bond acceptors (Lipinski definition) is 3. The van der Waals surface area contributed by atoms with Crippen LogP contribution in [0.5, 0.6) is 5.75 Å². The number of halogens is 1. The topological polar surface area (TPSA) is 15.7 Å². The average molecular weight is 313 g/mol. The molecule has 1 aromatic rings. The van der Waals surface area contributed by atoms with E-state index in [1.165, 1.54) is 18.7 Å². The fourth-order valence-electron chi connectivity index (χ4n) is 2.32. The molecule has 100 valence electrons. The van der Waals surface area contributed by atoms with Gasteiger partial charge in [0.2, 0.25) is 0 Å². The third-order valence-corrected chi connectivity index (χ3v) is 3.96. The lowest BCUT2D eigenvalue weighted by atomic mass is 10.2. The SMILES string of the molecule is COc1cccc(N2CCN(CCCBr)CC2)c1. The van der Waals surface area contributed by atoms with Crippen molar-refractivity contribution >= 4 is 21.6 Å². The Labute approximate surface area is 118 Å². The van der Waals surface area contributed by atoms with E-state index in [1.54, 1.807) is 7.11 Å². The Morgan fingerprint density at radius 1 is 1.22 bits per heavy atom. The number of benzene rings is 1. The molecule has 0 aliphatic carbocycles. The predicted molar refractivity (Wildman–Crippen MR) is 80.1 cm³/mol. The third kappa shape index (κ3) is 3.62. The molecule has 1 aliphatic rings. The van der Waals surface area contributed by atoms with Crippen LogP contribution in [0.4, 0.5) is 5.69 Å². The molecule has 0 aromatic heterocycles. The summed E-state index contributed by atoms with van der Waals surface area (Å²) >= 11 is 3.49. The number of rotatable bonds is 5. The summed E-state index contributed by atoms with van der Waals surface area (Å²) in [4.78, 5) is 4.98. The minimum atomic E-state index is 0.939. The van der Waals surface area contributed by atoms with Crippen molar-refractivity contribution in [2.24, 2.45) is 0 Å². The lowest BCUT2D eigenvalue weighted by Crippen LogP contribution is -2.46. The van der Waals surface area contributed by atoms with Crippen molar-refractivity contribution in [2.45, 2.75) is 6.42 Å². The van der Waals surface area contributed by atoms with Crippen LogP contribution in [0.25, 0.3) is 0 Å². The summed E-state index contributed by atoms with van der Waals surface area (Å²) < 4.78 is 5.28. The minimum Gasteiger partial charge on any atom is -0.497 e. The molecule has 2 rings (SSSR count). The van der Waals surface area contributed by atoms with Crippen LogP contribution in [-0.4, -0.2) is 50.1 Å². The van der Waals surface area contributed by atoms with Crippen molar-refractivity contribution in [3.05, 3.63) is 24.3 Å². The Hall–Kier alpha value is -0.740. The quantitative estimate of drug-likeness (QED) is 0.777. The lowest BCUT2D eigenvalue weighted by molar-refractivity contribution is 0.259. The van der Waals surface area contributed by atoms with Gasteiger partial charge >= 0.3 is 0 Å². The number of hydrogen-bond donors (Lipinski definition) is 0. The Bertz CT molecular complexity index is 365. The number of anilines is 1. The highest BCUT2D eigenvalue weighted by atomic mass is 79.9. The predicted octanol–water partition coefficient (Wildman–Crippen LogP) is 2.60. The van der Waals surface area contributed by atoms with Gasteiger partial charge in [0, 0.05) is 43.3 Å². The van der Waals surface area contributed by atoms with E-state index in [-0.39, 0.29) is 0 Å². The fraction of sp³-hybridized carbons (Fsp3) is 0.571. The maximum atomic E-state index is 5.28. The monoisotopic (exact) mass is 312 g/mol. The van der Waals surface area contributed by atoms with Gasteiger partial charge in [0.25, 0.3) is 0 Å². The van der Waals surface area contributed by atoms with Crippen molar-refractivity contribution in [3.8, 4) is 5.75 Å². The summed E-state index contributed by atoms with van der Waals surface area (Å²) in [6.45, 7) is 5.73. The van der Waals surface area contributed by atoms with Crippen LogP contribution >= 0.6 is 15.9 Å². The van der Waals surface area contributed by atoms with Crippen molar-refractivity contribution in [2.75, 3.05) is 50.1 Å². The van der Waals surface area contributed by atoms with Crippen molar-refractivity contribution in [1.29, 1.82) is 0 Å². The summed E-state index contributed by atoms with van der Waals surface area (Å²) in [5, 5.41) is 1.10. The van der Waals surface area contributed by atoms with Crippen molar-refractivity contribution in [1.82, 2.24) is 4.90 Å². The third-order valence-electron chi connectivity index (χ3n) is 3.40. The Kier molecular flexibility index (Phi) is 5.32. The molecule has 0 spiro atoms. The van der Waals surface area contributed by atoms with Crippen LogP contribution < -0.4 is 9.64 Å². The molecule has 0 saturated carbocycles. The molecule has 0 amide bonds. The fourth-order valence-corrected chi connectivity index (χ4v) is 2.57. The van der Waals surface area contributed by atoms with Crippen LogP contribution in [0, 0.1) is 0 Å². The second-order valence-corrected chi connectivity index (χ2v) is 5.37. The first-order chi connectivity index (χ1) is 8.83. The zero-order valence-electron chi connectivity index (χ0n) is 10.9. The van der Waals surface area contributed by atoms with Gasteiger partial charge in [-0.25, -0.2) is 0 Å². The number of alkyl halides is 1. The lowest BCUT2D eigenvalue weighted by Gasteiger charge is -2.36. The smallest absolute Gasteiger partial charge is 0.120 e. The van der Waals surface area contributed by atoms with Crippen molar-refractivity contribution in [3.63, 3.8) is 0 Å². The Balaban J connectivity index is 1.88. The van der Waals surface area contributed by atoms with Crippen LogP contribution in [0.1, 0.15) is 6.42 Å². The van der Waals surface area contributed by atoms with Crippen LogP contribution in [-0.2, 0) is 0 Å². The average Bonchev–Trinajstić information content (AvgIpc) is 2.46. The number of piperazine rings is 1. The molecule has 1 heterocycles. The highest BCUT2D eigenvalue weighted by Gasteiger charge is 2.16. The van der Waals surface area contributed by atoms with Gasteiger partial charge in [0.05, 0.1) is 7.11 Å². The molecule has 1 fully saturated rings. The first-order valence-electron chi connectivity index (χ1n) is 6.51. The first kappa shape index (κ1) is 13.7. The molecule has 1 aromatic carbocycles. The molecular weight excluding hydrogens is 292 g/mol. The number of nitrogens with zero attached hydrogens (tertiary/aromatic N) is 2. The Morgan fingerprint density at radius 2 is 2.00 bits per heavy atom. The Morgan fingerprint density at radius 3 is 2.67 bits per heavy atom. The molecule has 0 bridgehead atoms. The molecule has 0 atom stereocenters. The van der Waals surface area contributed by atoms with Crippen LogP contribution in [0.15, 0.2) is 24.3 Å². The molecule has 1 aliphatic heterocycles. The molecule has 3 nitrogen and oxygen atoms in total. The van der Waals surface area contributed by atoms with Crippen LogP contribution in [0.2, 0.25) is 0 Å². The maximum absolute atomic E-state index is 5.28. The zero-order valence-corrected chi connectivity index (χ0v) is 12.5. The summed E-state index contributed by atoms with van der Waals surface area (Å²) in [5.41, 5.74) is 1.27. The van der Waals surface area contributed by atoms with Gasteiger partial charge in [-0.2, -0.15) is 0 Å². The van der Waals surface area contributed by atoms with E-state index < -0.39 is 0 Å². The largest absolute Gasteiger partial charge is 0.497 e. The molecular formula is C14H21BrN2O. The van der Waals surface area contributed by atoms with Gasteiger partial charge in [0.1, 0.15) is 5.75 Å².